The van der Waals surface area contributed by atoms with E-state index in [9.17, 15) is 10.2 Å². The Morgan fingerprint density at radius 1 is 0.667 bits per heavy atom. The summed E-state index contributed by atoms with van der Waals surface area (Å²) >= 11 is 0. The number of hydrogen-bond donors (Lipinski definition) is 1. The van der Waals surface area contributed by atoms with Crippen molar-refractivity contribution >= 4 is 10.8 Å². The van der Waals surface area contributed by atoms with Gasteiger partial charge in [0.05, 0.1) is 13.1 Å². The van der Waals surface area contributed by atoms with Gasteiger partial charge in [0.1, 0.15) is 11.6 Å². The Morgan fingerprint density at radius 2 is 1.21 bits per heavy atom. The van der Waals surface area contributed by atoms with Gasteiger partial charge in [-0.05, 0) is 35.7 Å². The first-order valence-electron chi connectivity index (χ1n) is 12.9. The predicted octanol–water partition coefficient (Wildman–Crippen LogP) is 4.48. The number of rotatable bonds is 7. The van der Waals surface area contributed by atoms with E-state index in [0.29, 0.717) is 24.7 Å². The van der Waals surface area contributed by atoms with Crippen molar-refractivity contribution in [2.24, 2.45) is 0 Å². The number of hydrogen-bond acceptors (Lipinski definition) is 4. The zero-order valence-electron chi connectivity index (χ0n) is 21.9. The van der Waals surface area contributed by atoms with Crippen LogP contribution < -0.4 is 11.3 Å². The van der Waals surface area contributed by atoms with Crippen LogP contribution >= 0.6 is 0 Å². The number of aromatic nitrogens is 6. The molecule has 39 heavy (non-hydrogen) atoms. The van der Waals surface area contributed by atoms with E-state index in [-0.39, 0.29) is 11.3 Å². The Kier molecular flexibility index (Phi) is 6.28. The minimum atomic E-state index is -0.748. The molecule has 2 heterocycles. The molecule has 0 saturated carbocycles. The monoisotopic (exact) mass is 515 g/mol. The van der Waals surface area contributed by atoms with Gasteiger partial charge in [-0.15, -0.1) is 0 Å². The molecule has 0 saturated heterocycles. The molecule has 6 aromatic rings. The maximum atomic E-state index is 14.0. The zero-order chi connectivity index (χ0) is 26.9. The van der Waals surface area contributed by atoms with Crippen molar-refractivity contribution in [2.75, 3.05) is 0 Å². The van der Waals surface area contributed by atoms with Gasteiger partial charge in [0.15, 0.2) is 6.17 Å². The fourth-order valence-electron chi connectivity index (χ4n) is 5.12. The average molecular weight is 516 g/mol. The molecule has 4 aromatic carbocycles. The number of benzene rings is 4. The summed E-state index contributed by atoms with van der Waals surface area (Å²) in [5, 5.41) is 20.8. The summed E-state index contributed by atoms with van der Waals surface area (Å²) in [4.78, 5) is 14.0. The van der Waals surface area contributed by atoms with Gasteiger partial charge < -0.3 is 0 Å². The van der Waals surface area contributed by atoms with Gasteiger partial charge in [0.25, 0.3) is 0 Å². The molecule has 6 rings (SSSR count). The van der Waals surface area contributed by atoms with Gasteiger partial charge >= 0.3 is 5.69 Å². The SMILES string of the molecule is Cc1nn(C(c2cccc3ccccc23)n2nc(C)n(Cc3ccccc3)c2=O)c(=N)n1Cc1ccccc1. The van der Waals surface area contributed by atoms with E-state index in [0.717, 1.165) is 27.5 Å². The molecule has 8 heteroatoms. The highest BCUT2D eigenvalue weighted by atomic mass is 16.2. The highest BCUT2D eigenvalue weighted by molar-refractivity contribution is 5.86. The molecule has 1 atom stereocenters. The number of aryl methyl sites for hydroxylation is 2. The van der Waals surface area contributed by atoms with Gasteiger partial charge in [-0.1, -0.05) is 103 Å². The topological polar surface area (TPSA) is 86.4 Å². The lowest BCUT2D eigenvalue weighted by molar-refractivity contribution is 0.385. The summed E-state index contributed by atoms with van der Waals surface area (Å²) in [5.74, 6) is 1.28. The number of nitrogens with one attached hydrogen (secondary N) is 1. The Morgan fingerprint density at radius 3 is 1.90 bits per heavy atom. The van der Waals surface area contributed by atoms with E-state index in [2.05, 4.69) is 0 Å². The van der Waals surface area contributed by atoms with Crippen molar-refractivity contribution < 1.29 is 0 Å². The molecular weight excluding hydrogens is 486 g/mol. The lowest BCUT2D eigenvalue weighted by Crippen LogP contribution is -2.38. The predicted molar refractivity (Wildman–Crippen MR) is 151 cm³/mol. The fourth-order valence-corrected chi connectivity index (χ4v) is 5.12. The first-order valence-corrected chi connectivity index (χ1v) is 12.9. The van der Waals surface area contributed by atoms with Gasteiger partial charge in [0.2, 0.25) is 5.62 Å². The molecule has 0 aliphatic rings. The number of fused-ring (bicyclic) bond motifs is 1. The molecule has 0 aliphatic carbocycles. The first-order chi connectivity index (χ1) is 19.0. The molecule has 1 N–H and O–H groups in total. The van der Waals surface area contributed by atoms with Crippen LogP contribution in [0.3, 0.4) is 0 Å². The molecule has 0 radical (unpaired) electrons. The lowest BCUT2D eigenvalue weighted by Gasteiger charge is -2.19. The van der Waals surface area contributed by atoms with Gasteiger partial charge in [-0.25, -0.2) is 9.48 Å². The summed E-state index contributed by atoms with van der Waals surface area (Å²) < 4.78 is 6.61. The average Bonchev–Trinajstić information content (AvgIpc) is 3.39. The molecule has 2 aromatic heterocycles. The van der Waals surface area contributed by atoms with E-state index in [1.807, 2.05) is 122 Å². The standard InChI is InChI=1S/C31H29N7O/c1-22-33-37(30(32)35(22)20-24-12-5-3-6-13-24)29(28-19-11-17-26-16-9-10-18-27(26)28)38-31(39)36(23(2)34-38)21-25-14-7-4-8-15-25/h3-19,29,32H,20-21H2,1-2H3. The van der Waals surface area contributed by atoms with Crippen LogP contribution in [0.15, 0.2) is 108 Å². The zero-order valence-corrected chi connectivity index (χ0v) is 21.9. The normalized spacial score (nSPS) is 12.2. The van der Waals surface area contributed by atoms with Crippen molar-refractivity contribution in [1.29, 1.82) is 5.41 Å². The second-order valence-electron chi connectivity index (χ2n) is 9.68. The fraction of sp³-hybridized carbons (Fsp3) is 0.161. The highest BCUT2D eigenvalue weighted by Crippen LogP contribution is 2.27. The Hall–Kier alpha value is -4.98. The van der Waals surface area contributed by atoms with E-state index in [4.69, 9.17) is 10.2 Å². The smallest absolute Gasteiger partial charge is 0.293 e. The summed E-state index contributed by atoms with van der Waals surface area (Å²) in [5.41, 5.74) is 2.87. The molecule has 0 amide bonds. The minimum Gasteiger partial charge on any atom is -0.293 e. The summed E-state index contributed by atoms with van der Waals surface area (Å²) in [7, 11) is 0. The van der Waals surface area contributed by atoms with Crippen molar-refractivity contribution in [3.05, 3.63) is 148 Å². The third-order valence-corrected chi connectivity index (χ3v) is 7.12. The van der Waals surface area contributed by atoms with Gasteiger partial charge in [-0.2, -0.15) is 14.9 Å². The van der Waals surface area contributed by atoms with Gasteiger partial charge in [0, 0.05) is 5.56 Å². The molecular formula is C31H29N7O. The number of nitrogens with zero attached hydrogens (tertiary/aromatic N) is 6. The van der Waals surface area contributed by atoms with E-state index < -0.39 is 6.17 Å². The van der Waals surface area contributed by atoms with Crippen LogP contribution in [0.2, 0.25) is 0 Å². The van der Waals surface area contributed by atoms with Crippen molar-refractivity contribution in [3.63, 3.8) is 0 Å². The molecule has 194 valence electrons. The van der Waals surface area contributed by atoms with E-state index in [1.54, 1.807) is 9.25 Å². The Labute approximate surface area is 225 Å². The van der Waals surface area contributed by atoms with Crippen LogP contribution in [0.4, 0.5) is 0 Å². The Balaban J connectivity index is 1.55. The van der Waals surface area contributed by atoms with Crippen LogP contribution in [0, 0.1) is 19.3 Å². The Bertz CT molecular complexity index is 1770. The minimum absolute atomic E-state index is 0.191. The first kappa shape index (κ1) is 24.4. The highest BCUT2D eigenvalue weighted by Gasteiger charge is 2.27. The van der Waals surface area contributed by atoms with Crippen LogP contribution in [0.25, 0.3) is 10.8 Å². The largest absolute Gasteiger partial charge is 0.348 e. The van der Waals surface area contributed by atoms with E-state index >= 15 is 0 Å². The maximum Gasteiger partial charge on any atom is 0.348 e. The second-order valence-corrected chi connectivity index (χ2v) is 9.68. The molecule has 0 fully saturated rings. The van der Waals surface area contributed by atoms with Gasteiger partial charge in [-0.3, -0.25) is 14.5 Å². The quantitative estimate of drug-likeness (QED) is 0.340. The summed E-state index contributed by atoms with van der Waals surface area (Å²) in [6.07, 6.45) is -0.748. The third kappa shape index (κ3) is 4.50. The van der Waals surface area contributed by atoms with Crippen molar-refractivity contribution in [1.82, 2.24) is 28.7 Å². The van der Waals surface area contributed by atoms with Crippen LogP contribution in [-0.4, -0.2) is 28.7 Å². The van der Waals surface area contributed by atoms with Crippen LogP contribution in [0.1, 0.15) is 34.5 Å². The van der Waals surface area contributed by atoms with Crippen LogP contribution in [-0.2, 0) is 13.1 Å². The van der Waals surface area contributed by atoms with E-state index in [1.165, 1.54) is 4.68 Å². The van der Waals surface area contributed by atoms with Crippen LogP contribution in [0.5, 0.6) is 0 Å². The molecule has 0 aliphatic heterocycles. The maximum absolute atomic E-state index is 14.0. The molecule has 0 bridgehead atoms. The summed E-state index contributed by atoms with van der Waals surface area (Å²) in [6.45, 7) is 4.64. The third-order valence-electron chi connectivity index (χ3n) is 7.12. The molecule has 1 unspecified atom stereocenters. The van der Waals surface area contributed by atoms with Crippen molar-refractivity contribution in [2.45, 2.75) is 33.1 Å². The summed E-state index contributed by atoms with van der Waals surface area (Å²) in [6, 6.07) is 34.0. The molecule has 0 spiro atoms. The molecule has 8 nitrogen and oxygen atoms in total. The van der Waals surface area contributed by atoms with Crippen molar-refractivity contribution in [3.8, 4) is 0 Å². The lowest BCUT2D eigenvalue weighted by atomic mass is 10.0. The second kappa shape index (κ2) is 10.1.